The average molecular weight is 305 g/mol. The third kappa shape index (κ3) is 4.19. The van der Waals surface area contributed by atoms with Crippen molar-refractivity contribution in [3.8, 4) is 11.6 Å². The minimum atomic E-state index is 0.483. The number of aryl methyl sites for hydroxylation is 2. The van der Waals surface area contributed by atoms with Crippen molar-refractivity contribution >= 4 is 11.6 Å². The number of ether oxygens (including phenoxy) is 1. The van der Waals surface area contributed by atoms with Crippen molar-refractivity contribution in [2.75, 3.05) is 0 Å². The highest BCUT2D eigenvalue weighted by atomic mass is 35.5. The van der Waals surface area contributed by atoms with Gasteiger partial charge in [-0.2, -0.15) is 0 Å². The molecule has 1 heterocycles. The van der Waals surface area contributed by atoms with Gasteiger partial charge in [0.25, 0.3) is 0 Å². The van der Waals surface area contributed by atoms with Crippen LogP contribution in [-0.2, 0) is 19.4 Å². The van der Waals surface area contributed by atoms with Gasteiger partial charge in [0.05, 0.1) is 0 Å². The summed E-state index contributed by atoms with van der Waals surface area (Å²) in [5.74, 6) is 1.34. The Bertz CT molecular complexity index is 614. The quantitative estimate of drug-likeness (QED) is 0.854. The molecule has 4 heteroatoms. The number of halogens is 1. The van der Waals surface area contributed by atoms with Crippen LogP contribution in [0.25, 0.3) is 0 Å². The maximum absolute atomic E-state index is 6.13. The van der Waals surface area contributed by atoms with Crippen LogP contribution >= 0.6 is 11.6 Å². The van der Waals surface area contributed by atoms with Crippen molar-refractivity contribution in [1.29, 1.82) is 0 Å². The van der Waals surface area contributed by atoms with Gasteiger partial charge in [-0.15, -0.1) is 0 Å². The molecule has 0 radical (unpaired) electrons. The van der Waals surface area contributed by atoms with E-state index in [9.17, 15) is 0 Å². The number of pyridine rings is 1. The van der Waals surface area contributed by atoms with Crippen molar-refractivity contribution < 1.29 is 4.74 Å². The summed E-state index contributed by atoms with van der Waals surface area (Å²) in [4.78, 5) is 4.53. The summed E-state index contributed by atoms with van der Waals surface area (Å²) in [5.41, 5.74) is 8.86. The van der Waals surface area contributed by atoms with Crippen LogP contribution in [0.4, 0.5) is 0 Å². The Morgan fingerprint density at radius 3 is 2.67 bits per heavy atom. The van der Waals surface area contributed by atoms with Crippen LogP contribution < -0.4 is 10.5 Å². The van der Waals surface area contributed by atoms with E-state index >= 15 is 0 Å². The highest BCUT2D eigenvalue weighted by Gasteiger charge is 2.06. The molecule has 0 atom stereocenters. The molecular weight excluding hydrogens is 284 g/mol. The Hall–Kier alpha value is -1.58. The third-order valence-corrected chi connectivity index (χ3v) is 3.65. The zero-order chi connectivity index (χ0) is 15.2. The summed E-state index contributed by atoms with van der Waals surface area (Å²) in [6, 6.07) is 9.60. The Morgan fingerprint density at radius 2 is 2.00 bits per heavy atom. The normalized spacial score (nSPS) is 10.7. The molecule has 0 fully saturated rings. The first-order valence-electron chi connectivity index (χ1n) is 7.32. The van der Waals surface area contributed by atoms with Gasteiger partial charge in [-0.1, -0.05) is 31.9 Å². The summed E-state index contributed by atoms with van der Waals surface area (Å²) in [6.07, 6.45) is 2.83. The van der Waals surface area contributed by atoms with E-state index in [2.05, 4.69) is 18.8 Å². The van der Waals surface area contributed by atoms with E-state index in [0.717, 1.165) is 46.9 Å². The zero-order valence-electron chi connectivity index (χ0n) is 12.5. The summed E-state index contributed by atoms with van der Waals surface area (Å²) in [7, 11) is 0. The fraction of sp³-hybridized carbons (Fsp3) is 0.353. The molecular formula is C17H21ClN2O. The highest BCUT2D eigenvalue weighted by molar-refractivity contribution is 6.31. The minimum Gasteiger partial charge on any atom is -0.439 e. The standard InChI is InChI=1S/C17H21ClN2O/c1-3-5-14-8-12(11-19)9-17(20-14)21-15-6-7-16(18)13(4-2)10-15/h6-10H,3-5,11,19H2,1-2H3. The Labute approximate surface area is 131 Å². The lowest BCUT2D eigenvalue weighted by Gasteiger charge is -2.10. The van der Waals surface area contributed by atoms with Crippen molar-refractivity contribution in [3.05, 3.63) is 52.2 Å². The van der Waals surface area contributed by atoms with E-state index in [1.54, 1.807) is 0 Å². The van der Waals surface area contributed by atoms with Crippen molar-refractivity contribution in [1.82, 2.24) is 4.98 Å². The largest absolute Gasteiger partial charge is 0.439 e. The predicted molar refractivity (Wildman–Crippen MR) is 87.0 cm³/mol. The van der Waals surface area contributed by atoms with Crippen LogP contribution in [-0.4, -0.2) is 4.98 Å². The first kappa shape index (κ1) is 15.8. The fourth-order valence-electron chi connectivity index (χ4n) is 2.18. The SMILES string of the molecule is CCCc1cc(CN)cc(Oc2ccc(Cl)c(CC)c2)n1. The Balaban J connectivity index is 2.27. The molecule has 3 nitrogen and oxygen atoms in total. The molecule has 0 bridgehead atoms. The summed E-state index contributed by atoms with van der Waals surface area (Å²) < 4.78 is 5.88. The molecule has 0 saturated carbocycles. The minimum absolute atomic E-state index is 0.483. The molecule has 0 saturated heterocycles. The lowest BCUT2D eigenvalue weighted by Crippen LogP contribution is -2.01. The molecule has 1 aromatic heterocycles. The fourth-order valence-corrected chi connectivity index (χ4v) is 2.43. The van der Waals surface area contributed by atoms with Crippen LogP contribution in [0.2, 0.25) is 5.02 Å². The molecule has 2 aromatic rings. The zero-order valence-corrected chi connectivity index (χ0v) is 13.3. The smallest absolute Gasteiger partial charge is 0.219 e. The third-order valence-electron chi connectivity index (χ3n) is 3.28. The van der Waals surface area contributed by atoms with Crippen LogP contribution in [0.5, 0.6) is 11.6 Å². The monoisotopic (exact) mass is 304 g/mol. The van der Waals surface area contributed by atoms with Gasteiger partial charge < -0.3 is 10.5 Å². The molecule has 21 heavy (non-hydrogen) atoms. The van der Waals surface area contributed by atoms with Gasteiger partial charge in [-0.05, 0) is 48.2 Å². The van der Waals surface area contributed by atoms with Crippen molar-refractivity contribution in [2.45, 2.75) is 39.7 Å². The van der Waals surface area contributed by atoms with Crippen LogP contribution in [0.15, 0.2) is 30.3 Å². The summed E-state index contributed by atoms with van der Waals surface area (Å²) in [5, 5.41) is 0.764. The molecule has 2 rings (SSSR count). The van der Waals surface area contributed by atoms with Gasteiger partial charge in [0.1, 0.15) is 5.75 Å². The lowest BCUT2D eigenvalue weighted by molar-refractivity contribution is 0.459. The van der Waals surface area contributed by atoms with E-state index in [0.29, 0.717) is 12.4 Å². The number of benzene rings is 1. The second-order valence-corrected chi connectivity index (χ2v) is 5.38. The highest BCUT2D eigenvalue weighted by Crippen LogP contribution is 2.26. The van der Waals surface area contributed by atoms with Gasteiger partial charge in [0.2, 0.25) is 5.88 Å². The number of hydrogen-bond acceptors (Lipinski definition) is 3. The number of aromatic nitrogens is 1. The summed E-state index contributed by atoms with van der Waals surface area (Å²) in [6.45, 7) is 4.68. The molecule has 0 aliphatic rings. The number of hydrogen-bond donors (Lipinski definition) is 1. The van der Waals surface area contributed by atoms with Gasteiger partial charge in [0, 0.05) is 23.3 Å². The molecule has 2 N–H and O–H groups in total. The molecule has 0 spiro atoms. The van der Waals surface area contributed by atoms with Crippen LogP contribution in [0.3, 0.4) is 0 Å². The van der Waals surface area contributed by atoms with Crippen LogP contribution in [0.1, 0.15) is 37.1 Å². The maximum Gasteiger partial charge on any atom is 0.219 e. The van der Waals surface area contributed by atoms with E-state index in [1.807, 2.05) is 30.3 Å². The van der Waals surface area contributed by atoms with E-state index in [-0.39, 0.29) is 0 Å². The van der Waals surface area contributed by atoms with Gasteiger partial charge in [0.15, 0.2) is 0 Å². The van der Waals surface area contributed by atoms with Crippen LogP contribution in [0, 0.1) is 0 Å². The molecule has 1 aromatic carbocycles. The molecule has 0 amide bonds. The van der Waals surface area contributed by atoms with Gasteiger partial charge >= 0.3 is 0 Å². The van der Waals surface area contributed by atoms with Gasteiger partial charge in [-0.25, -0.2) is 4.98 Å². The van der Waals surface area contributed by atoms with Crippen molar-refractivity contribution in [2.24, 2.45) is 5.73 Å². The maximum atomic E-state index is 6.13. The lowest BCUT2D eigenvalue weighted by atomic mass is 10.1. The Morgan fingerprint density at radius 1 is 1.19 bits per heavy atom. The molecule has 0 aliphatic heterocycles. The number of nitrogens with zero attached hydrogens (tertiary/aromatic N) is 1. The van der Waals surface area contributed by atoms with E-state index in [1.165, 1.54) is 0 Å². The first-order chi connectivity index (χ1) is 10.2. The molecule has 112 valence electrons. The van der Waals surface area contributed by atoms with E-state index in [4.69, 9.17) is 22.1 Å². The number of rotatable bonds is 6. The topological polar surface area (TPSA) is 48.1 Å². The van der Waals surface area contributed by atoms with E-state index < -0.39 is 0 Å². The van der Waals surface area contributed by atoms with Gasteiger partial charge in [-0.3, -0.25) is 0 Å². The predicted octanol–water partition coefficient (Wildman–Crippen LogP) is 4.50. The average Bonchev–Trinajstić information content (AvgIpc) is 2.49. The molecule has 0 unspecified atom stereocenters. The Kier molecular flexibility index (Phi) is 5.59. The summed E-state index contributed by atoms with van der Waals surface area (Å²) >= 11 is 6.13. The number of nitrogens with two attached hydrogens (primary N) is 1. The van der Waals surface area contributed by atoms with Crippen molar-refractivity contribution in [3.63, 3.8) is 0 Å². The second-order valence-electron chi connectivity index (χ2n) is 4.97. The second kappa shape index (κ2) is 7.43. The molecule has 0 aliphatic carbocycles. The first-order valence-corrected chi connectivity index (χ1v) is 7.70.